The van der Waals surface area contributed by atoms with Crippen LogP contribution in [0.15, 0.2) is 41.1 Å². The second-order valence-corrected chi connectivity index (χ2v) is 7.83. The van der Waals surface area contributed by atoms with E-state index in [1.165, 1.54) is 17.4 Å². The van der Waals surface area contributed by atoms with Gasteiger partial charge in [0.15, 0.2) is 5.13 Å². The summed E-state index contributed by atoms with van der Waals surface area (Å²) < 4.78 is 29.2. The van der Waals surface area contributed by atoms with E-state index in [9.17, 15) is 13.2 Å². The summed E-state index contributed by atoms with van der Waals surface area (Å²) in [6.45, 7) is 2.67. The van der Waals surface area contributed by atoms with Crippen LogP contribution in [0.5, 0.6) is 0 Å². The first kappa shape index (κ1) is 18.5. The van der Waals surface area contributed by atoms with Crippen molar-refractivity contribution < 1.29 is 17.9 Å². The molecule has 138 valence electrons. The Hall–Kier alpha value is -2.27. The fourth-order valence-corrected chi connectivity index (χ4v) is 3.72. The van der Waals surface area contributed by atoms with Crippen LogP contribution in [0.4, 0.5) is 5.13 Å². The maximum absolute atomic E-state index is 12.1. The summed E-state index contributed by atoms with van der Waals surface area (Å²) in [5.74, 6) is -0.613. The summed E-state index contributed by atoms with van der Waals surface area (Å²) in [5.41, 5.74) is 3.06. The van der Waals surface area contributed by atoms with Gasteiger partial charge in [0, 0.05) is 23.9 Å². The zero-order chi connectivity index (χ0) is 18.4. The fourth-order valence-electron chi connectivity index (χ4n) is 2.22. The number of nitrogens with zero attached hydrogens (tertiary/aromatic N) is 2. The van der Waals surface area contributed by atoms with Crippen molar-refractivity contribution in [1.82, 2.24) is 15.2 Å². The number of sulfonamides is 1. The average Bonchev–Trinajstić information content (AvgIpc) is 3.17. The molecule has 1 amide bonds. The van der Waals surface area contributed by atoms with Gasteiger partial charge in [0.25, 0.3) is 15.9 Å². The number of carbonyl (C=O) groups excluding carboxylic acids is 1. The van der Waals surface area contributed by atoms with E-state index in [1.807, 2.05) is 15.8 Å². The molecule has 0 radical (unpaired) electrons. The SMILES string of the molecule is O=C(NNS(=O)(=O)C=Cc1ccccc1)c1csc(N2CCOCC2)n1. The smallest absolute Gasteiger partial charge is 0.285 e. The van der Waals surface area contributed by atoms with Gasteiger partial charge in [-0.1, -0.05) is 30.3 Å². The number of hydrogen-bond acceptors (Lipinski definition) is 7. The Morgan fingerprint density at radius 1 is 1.23 bits per heavy atom. The van der Waals surface area contributed by atoms with Crippen LogP contribution in [0.3, 0.4) is 0 Å². The number of thiazole rings is 1. The van der Waals surface area contributed by atoms with Crippen molar-refractivity contribution in [2.75, 3.05) is 31.2 Å². The van der Waals surface area contributed by atoms with E-state index >= 15 is 0 Å². The number of morpholine rings is 1. The highest BCUT2D eigenvalue weighted by molar-refractivity contribution is 7.92. The van der Waals surface area contributed by atoms with Crippen molar-refractivity contribution in [3.63, 3.8) is 0 Å². The highest BCUT2D eigenvalue weighted by Crippen LogP contribution is 2.21. The van der Waals surface area contributed by atoms with E-state index in [0.717, 1.165) is 11.0 Å². The molecule has 8 nitrogen and oxygen atoms in total. The quantitative estimate of drug-likeness (QED) is 0.715. The van der Waals surface area contributed by atoms with Crippen molar-refractivity contribution in [3.8, 4) is 0 Å². The molecular formula is C16H18N4O4S2. The minimum absolute atomic E-state index is 0.159. The molecule has 0 aliphatic carbocycles. The van der Waals surface area contributed by atoms with Crippen LogP contribution in [0.2, 0.25) is 0 Å². The van der Waals surface area contributed by atoms with Crippen LogP contribution in [0, 0.1) is 0 Å². The summed E-state index contributed by atoms with van der Waals surface area (Å²) in [6, 6.07) is 8.98. The van der Waals surface area contributed by atoms with Crippen LogP contribution < -0.4 is 15.2 Å². The van der Waals surface area contributed by atoms with Gasteiger partial charge in [-0.15, -0.1) is 16.2 Å². The Bertz CT molecular complexity index is 875. The molecule has 0 atom stereocenters. The summed E-state index contributed by atoms with van der Waals surface area (Å²) >= 11 is 1.33. The zero-order valence-electron chi connectivity index (χ0n) is 13.8. The summed E-state index contributed by atoms with van der Waals surface area (Å²) in [5, 5.41) is 3.29. The van der Waals surface area contributed by atoms with Crippen molar-refractivity contribution >= 4 is 38.5 Å². The number of rotatable bonds is 6. The number of ether oxygens (including phenoxy) is 1. The molecule has 1 fully saturated rings. The van der Waals surface area contributed by atoms with Crippen molar-refractivity contribution in [2.45, 2.75) is 0 Å². The first-order valence-corrected chi connectivity index (χ1v) is 10.3. The lowest BCUT2D eigenvalue weighted by atomic mass is 10.2. The highest BCUT2D eigenvalue weighted by Gasteiger charge is 2.18. The molecule has 2 heterocycles. The third-order valence-corrected chi connectivity index (χ3v) is 5.33. The van der Waals surface area contributed by atoms with Gasteiger partial charge < -0.3 is 9.64 Å². The highest BCUT2D eigenvalue weighted by atomic mass is 32.2. The van der Waals surface area contributed by atoms with Crippen LogP contribution in [-0.2, 0) is 14.8 Å². The number of anilines is 1. The Kier molecular flexibility index (Phi) is 5.99. The van der Waals surface area contributed by atoms with Crippen molar-refractivity contribution in [2.24, 2.45) is 0 Å². The largest absolute Gasteiger partial charge is 0.378 e. The molecule has 1 saturated heterocycles. The molecule has 2 N–H and O–H groups in total. The van der Waals surface area contributed by atoms with E-state index in [-0.39, 0.29) is 5.69 Å². The molecule has 0 bridgehead atoms. The van der Waals surface area contributed by atoms with Gasteiger partial charge in [0.05, 0.1) is 13.2 Å². The Morgan fingerprint density at radius 2 is 1.96 bits per heavy atom. The summed E-state index contributed by atoms with van der Waals surface area (Å²) in [6.07, 6.45) is 1.44. The molecule has 0 saturated carbocycles. The van der Waals surface area contributed by atoms with Gasteiger partial charge in [0.2, 0.25) is 0 Å². The number of nitrogens with one attached hydrogen (secondary N) is 2. The summed E-state index contributed by atoms with van der Waals surface area (Å²) in [7, 11) is -3.81. The molecule has 26 heavy (non-hydrogen) atoms. The molecule has 10 heteroatoms. The minimum Gasteiger partial charge on any atom is -0.378 e. The van der Waals surface area contributed by atoms with E-state index in [2.05, 4.69) is 10.4 Å². The van der Waals surface area contributed by atoms with Crippen molar-refractivity contribution in [3.05, 3.63) is 52.4 Å². The molecule has 2 aromatic rings. The predicted molar refractivity (Wildman–Crippen MR) is 100 cm³/mol. The second kappa shape index (κ2) is 8.41. The second-order valence-electron chi connectivity index (χ2n) is 5.43. The standard InChI is InChI=1S/C16H18N4O4S2/c21-15(14-12-25-16(17-14)20-7-9-24-10-8-20)18-19-26(22,23)11-6-13-4-2-1-3-5-13/h1-6,11-12,19H,7-10H2,(H,18,21). The number of benzene rings is 1. The first-order valence-electron chi connectivity index (χ1n) is 7.87. The van der Waals surface area contributed by atoms with Crippen LogP contribution in [-0.4, -0.2) is 45.6 Å². The number of carbonyl (C=O) groups is 1. The monoisotopic (exact) mass is 394 g/mol. The zero-order valence-corrected chi connectivity index (χ0v) is 15.4. The number of aromatic nitrogens is 1. The van der Waals surface area contributed by atoms with Gasteiger partial charge in [-0.25, -0.2) is 13.4 Å². The predicted octanol–water partition coefficient (Wildman–Crippen LogP) is 1.21. The Morgan fingerprint density at radius 3 is 2.69 bits per heavy atom. The molecule has 3 rings (SSSR count). The summed E-state index contributed by atoms with van der Waals surface area (Å²) in [4.78, 5) is 20.4. The maximum atomic E-state index is 12.1. The lowest BCUT2D eigenvalue weighted by molar-refractivity contribution is 0.0941. The molecular weight excluding hydrogens is 376 g/mol. The molecule has 1 aliphatic rings. The number of hydrazine groups is 1. The molecule has 0 spiro atoms. The fraction of sp³-hybridized carbons (Fsp3) is 0.250. The molecule has 0 unspecified atom stereocenters. The van der Waals surface area contributed by atoms with E-state index in [4.69, 9.17) is 4.74 Å². The minimum atomic E-state index is -3.81. The van der Waals surface area contributed by atoms with Gasteiger partial charge in [-0.05, 0) is 11.6 Å². The van der Waals surface area contributed by atoms with Crippen LogP contribution in [0.1, 0.15) is 16.1 Å². The lowest BCUT2D eigenvalue weighted by Crippen LogP contribution is -2.40. The van der Waals surface area contributed by atoms with Gasteiger partial charge in [-0.3, -0.25) is 10.2 Å². The Balaban J connectivity index is 1.56. The van der Waals surface area contributed by atoms with E-state index < -0.39 is 15.9 Å². The topological polar surface area (TPSA) is 101 Å². The maximum Gasteiger partial charge on any atom is 0.285 e. The average molecular weight is 394 g/mol. The molecule has 1 aromatic carbocycles. The van der Waals surface area contributed by atoms with E-state index in [1.54, 1.807) is 29.6 Å². The van der Waals surface area contributed by atoms with Crippen molar-refractivity contribution in [1.29, 1.82) is 0 Å². The third kappa shape index (κ3) is 5.11. The van der Waals surface area contributed by atoms with Gasteiger partial charge >= 0.3 is 0 Å². The molecule has 1 aromatic heterocycles. The van der Waals surface area contributed by atoms with Gasteiger partial charge in [0.1, 0.15) is 5.69 Å². The normalized spacial score (nSPS) is 15.3. The first-order chi connectivity index (χ1) is 12.5. The van der Waals surface area contributed by atoms with E-state index in [0.29, 0.717) is 31.4 Å². The van der Waals surface area contributed by atoms with Crippen LogP contribution in [0.25, 0.3) is 6.08 Å². The van der Waals surface area contributed by atoms with Gasteiger partial charge in [-0.2, -0.15) is 0 Å². The number of hydrogen-bond donors (Lipinski definition) is 2. The van der Waals surface area contributed by atoms with Crippen LogP contribution >= 0.6 is 11.3 Å². The number of amides is 1. The lowest BCUT2D eigenvalue weighted by Gasteiger charge is -2.25. The molecule has 1 aliphatic heterocycles. The Labute approximate surface area is 155 Å². The third-order valence-electron chi connectivity index (χ3n) is 3.55.